The molecule has 2 aliphatic rings. The number of nitrogens with zero attached hydrogens (tertiary/aromatic N) is 1. The molecule has 5 nitrogen and oxygen atoms in total. The Morgan fingerprint density at radius 1 is 1.36 bits per heavy atom. The fraction of sp³-hybridized carbons (Fsp3) is 0.353. The number of fused-ring (bicyclic) bond motifs is 2. The number of aromatic nitrogens is 1. The summed E-state index contributed by atoms with van der Waals surface area (Å²) in [6, 6.07) is 1.56. The fourth-order valence-electron chi connectivity index (χ4n) is 3.02. The van der Waals surface area contributed by atoms with Crippen LogP contribution in [0.15, 0.2) is 34.8 Å². The van der Waals surface area contributed by atoms with Gasteiger partial charge in [0.05, 0.1) is 6.61 Å². The van der Waals surface area contributed by atoms with E-state index in [9.17, 15) is 14.4 Å². The lowest BCUT2D eigenvalue weighted by atomic mass is 9.86. The first kappa shape index (κ1) is 14.5. The summed E-state index contributed by atoms with van der Waals surface area (Å²) in [5.74, 6) is -0.573. The highest BCUT2D eigenvalue weighted by Crippen LogP contribution is 2.37. The van der Waals surface area contributed by atoms with E-state index in [1.54, 1.807) is 19.2 Å². The van der Waals surface area contributed by atoms with Gasteiger partial charge in [0.2, 0.25) is 0 Å². The van der Waals surface area contributed by atoms with Crippen molar-refractivity contribution in [2.24, 2.45) is 0 Å². The summed E-state index contributed by atoms with van der Waals surface area (Å²) in [6.07, 6.45) is 6.07. The summed E-state index contributed by atoms with van der Waals surface area (Å²) in [7, 11) is 0. The van der Waals surface area contributed by atoms with Crippen LogP contribution in [0.3, 0.4) is 0 Å². The van der Waals surface area contributed by atoms with E-state index in [4.69, 9.17) is 4.74 Å². The predicted molar refractivity (Wildman–Crippen MR) is 81.7 cm³/mol. The number of esters is 1. The molecule has 1 aromatic heterocycles. The van der Waals surface area contributed by atoms with E-state index < -0.39 is 5.97 Å². The summed E-state index contributed by atoms with van der Waals surface area (Å²) in [5, 5.41) is 0. The molecule has 1 unspecified atom stereocenters. The lowest BCUT2D eigenvalue weighted by Crippen LogP contribution is -2.26. The van der Waals surface area contributed by atoms with Gasteiger partial charge in [0.1, 0.15) is 5.56 Å². The zero-order chi connectivity index (χ0) is 15.9. The fourth-order valence-corrected chi connectivity index (χ4v) is 3.02. The Balaban J connectivity index is 2.14. The summed E-state index contributed by atoms with van der Waals surface area (Å²) in [5.41, 5.74) is 2.38. The topological polar surface area (TPSA) is 65.4 Å². The number of rotatable bonds is 2. The lowest BCUT2D eigenvalue weighted by molar-refractivity contribution is -0.113. The largest absolute Gasteiger partial charge is 0.462 e. The Hall–Kier alpha value is -2.43. The Morgan fingerprint density at radius 2 is 2.14 bits per heavy atom. The number of ketones is 1. The number of hydrogen-bond acceptors (Lipinski definition) is 4. The molecule has 5 heteroatoms. The third-order valence-corrected chi connectivity index (χ3v) is 4.08. The first-order chi connectivity index (χ1) is 10.5. The van der Waals surface area contributed by atoms with E-state index in [1.807, 2.05) is 17.6 Å². The number of ether oxygens (including phenoxy) is 1. The van der Waals surface area contributed by atoms with Crippen molar-refractivity contribution in [2.75, 3.05) is 6.61 Å². The molecule has 114 valence electrons. The number of carbonyl (C=O) groups excluding carboxylic acids is 2. The second kappa shape index (κ2) is 5.40. The average Bonchev–Trinajstić information content (AvgIpc) is 2.48. The van der Waals surface area contributed by atoms with E-state index in [-0.39, 0.29) is 29.4 Å². The van der Waals surface area contributed by atoms with E-state index in [0.717, 1.165) is 23.3 Å². The molecule has 0 N–H and O–H groups in total. The molecule has 3 rings (SSSR count). The molecule has 0 amide bonds. The van der Waals surface area contributed by atoms with E-state index in [1.165, 1.54) is 6.07 Å². The number of allylic oxidation sites excluding steroid dienone is 4. The summed E-state index contributed by atoms with van der Waals surface area (Å²) in [6.45, 7) is 3.95. The van der Waals surface area contributed by atoms with Crippen molar-refractivity contribution in [3.8, 4) is 0 Å². The van der Waals surface area contributed by atoms with Gasteiger partial charge in [0, 0.05) is 30.4 Å². The van der Waals surface area contributed by atoms with Gasteiger partial charge in [-0.15, -0.1) is 0 Å². The first-order valence-electron chi connectivity index (χ1n) is 7.38. The van der Waals surface area contributed by atoms with Gasteiger partial charge >= 0.3 is 5.97 Å². The van der Waals surface area contributed by atoms with E-state index >= 15 is 0 Å². The van der Waals surface area contributed by atoms with Gasteiger partial charge in [0.25, 0.3) is 0 Å². The van der Waals surface area contributed by atoms with Crippen molar-refractivity contribution < 1.29 is 14.3 Å². The van der Waals surface area contributed by atoms with Gasteiger partial charge in [-0.2, -0.15) is 0 Å². The van der Waals surface area contributed by atoms with Crippen molar-refractivity contribution in [1.29, 1.82) is 0 Å². The summed E-state index contributed by atoms with van der Waals surface area (Å²) >= 11 is 0. The maximum Gasteiger partial charge on any atom is 0.343 e. The number of carbonyl (C=O) groups is 2. The first-order valence-corrected chi connectivity index (χ1v) is 7.38. The SMILES string of the molecule is CCOC(=O)c1cn2c(cc1=O)C1=C(C=CC(=O)C1)CC2C. The minimum atomic E-state index is -0.602. The molecule has 1 aliphatic carbocycles. The summed E-state index contributed by atoms with van der Waals surface area (Å²) in [4.78, 5) is 35.8. The molecule has 0 bridgehead atoms. The smallest absolute Gasteiger partial charge is 0.343 e. The lowest BCUT2D eigenvalue weighted by Gasteiger charge is -2.30. The van der Waals surface area contributed by atoms with Crippen LogP contribution in [-0.4, -0.2) is 22.9 Å². The van der Waals surface area contributed by atoms with Crippen LogP contribution in [0.25, 0.3) is 5.57 Å². The molecule has 1 aliphatic heterocycles. The maximum absolute atomic E-state index is 12.2. The number of hydrogen-bond donors (Lipinski definition) is 0. The number of pyridine rings is 1. The quantitative estimate of drug-likeness (QED) is 0.786. The Kier molecular flexibility index (Phi) is 3.56. The zero-order valence-electron chi connectivity index (χ0n) is 12.6. The minimum absolute atomic E-state index is 0.0294. The Labute approximate surface area is 127 Å². The van der Waals surface area contributed by atoms with E-state index in [2.05, 4.69) is 0 Å². The third kappa shape index (κ3) is 2.32. The average molecular weight is 299 g/mol. The van der Waals surface area contributed by atoms with Crippen LogP contribution in [-0.2, 0) is 9.53 Å². The highest BCUT2D eigenvalue weighted by molar-refractivity contribution is 6.01. The van der Waals surface area contributed by atoms with Crippen LogP contribution in [0.5, 0.6) is 0 Å². The van der Waals surface area contributed by atoms with Crippen LogP contribution in [0, 0.1) is 0 Å². The van der Waals surface area contributed by atoms with Gasteiger partial charge in [-0.1, -0.05) is 6.08 Å². The van der Waals surface area contributed by atoms with Gasteiger partial charge in [0.15, 0.2) is 11.2 Å². The predicted octanol–water partition coefficient (Wildman–Crippen LogP) is 2.27. The van der Waals surface area contributed by atoms with Crippen LogP contribution >= 0.6 is 0 Å². The normalized spacial score (nSPS) is 19.7. The molecule has 0 saturated heterocycles. The van der Waals surface area contributed by atoms with Crippen LogP contribution < -0.4 is 5.43 Å². The third-order valence-electron chi connectivity index (χ3n) is 4.08. The van der Waals surface area contributed by atoms with Gasteiger partial charge < -0.3 is 9.30 Å². The highest BCUT2D eigenvalue weighted by Gasteiger charge is 2.27. The molecule has 0 spiro atoms. The van der Waals surface area contributed by atoms with Crippen molar-refractivity contribution in [2.45, 2.75) is 32.7 Å². The maximum atomic E-state index is 12.2. The molecule has 1 aromatic rings. The van der Waals surface area contributed by atoms with Crippen LogP contribution in [0.2, 0.25) is 0 Å². The Morgan fingerprint density at radius 3 is 2.86 bits per heavy atom. The van der Waals surface area contributed by atoms with Crippen molar-refractivity contribution in [3.05, 3.63) is 51.5 Å². The Bertz CT molecular complexity index is 782. The zero-order valence-corrected chi connectivity index (χ0v) is 12.6. The van der Waals surface area contributed by atoms with Crippen LogP contribution in [0.4, 0.5) is 0 Å². The second-order valence-electron chi connectivity index (χ2n) is 5.60. The molecule has 2 heterocycles. The molecular formula is C17H17NO4. The van der Waals surface area contributed by atoms with Gasteiger partial charge in [-0.05, 0) is 37.5 Å². The molecule has 22 heavy (non-hydrogen) atoms. The van der Waals surface area contributed by atoms with E-state index in [0.29, 0.717) is 6.42 Å². The molecule has 0 aromatic carbocycles. The molecule has 0 saturated carbocycles. The van der Waals surface area contributed by atoms with Gasteiger partial charge in [-0.3, -0.25) is 9.59 Å². The minimum Gasteiger partial charge on any atom is -0.462 e. The van der Waals surface area contributed by atoms with Crippen molar-refractivity contribution in [3.63, 3.8) is 0 Å². The second-order valence-corrected chi connectivity index (χ2v) is 5.60. The molecule has 1 atom stereocenters. The molecule has 0 radical (unpaired) electrons. The standard InChI is InChI=1S/C17H17NO4/c1-3-22-17(21)14-9-18-10(2)6-11-4-5-12(19)7-13(11)15(18)8-16(14)20/h4-5,8-10H,3,6-7H2,1-2H3. The van der Waals surface area contributed by atoms with Crippen LogP contribution in [0.1, 0.15) is 48.8 Å². The van der Waals surface area contributed by atoms with Crippen molar-refractivity contribution in [1.82, 2.24) is 4.57 Å². The van der Waals surface area contributed by atoms with Crippen molar-refractivity contribution >= 4 is 17.3 Å². The molecule has 0 fully saturated rings. The molecular weight excluding hydrogens is 282 g/mol. The summed E-state index contributed by atoms with van der Waals surface area (Å²) < 4.78 is 6.83. The van der Waals surface area contributed by atoms with Gasteiger partial charge in [-0.25, -0.2) is 4.79 Å². The highest BCUT2D eigenvalue weighted by atomic mass is 16.5. The monoisotopic (exact) mass is 299 g/mol.